The van der Waals surface area contributed by atoms with Crippen molar-refractivity contribution in [3.8, 4) is 6.07 Å². The van der Waals surface area contributed by atoms with Crippen molar-refractivity contribution in [2.75, 3.05) is 10.2 Å². The SMILES string of the molecule is CC1Cc2ccccc2N1c1ccnc(Nc2ccc(C#N)cc2)n1. The summed E-state index contributed by atoms with van der Waals surface area (Å²) in [6.45, 7) is 2.20. The quantitative estimate of drug-likeness (QED) is 0.782. The van der Waals surface area contributed by atoms with Crippen LogP contribution in [-0.2, 0) is 6.42 Å². The molecule has 5 heteroatoms. The normalized spacial score (nSPS) is 15.5. The van der Waals surface area contributed by atoms with Gasteiger partial charge in [0.25, 0.3) is 0 Å². The molecule has 1 atom stereocenters. The second kappa shape index (κ2) is 6.25. The number of hydrogen-bond donors (Lipinski definition) is 1. The van der Waals surface area contributed by atoms with Gasteiger partial charge in [-0.25, -0.2) is 4.98 Å². The zero-order valence-corrected chi connectivity index (χ0v) is 13.8. The fraction of sp³-hybridized carbons (Fsp3) is 0.150. The number of fused-ring (bicyclic) bond motifs is 1. The number of benzene rings is 2. The van der Waals surface area contributed by atoms with Gasteiger partial charge in [-0.15, -0.1) is 0 Å². The molecule has 3 aromatic rings. The van der Waals surface area contributed by atoms with Crippen LogP contribution in [0.3, 0.4) is 0 Å². The summed E-state index contributed by atoms with van der Waals surface area (Å²) in [6, 6.07) is 20.1. The Bertz CT molecular complexity index is 943. The van der Waals surface area contributed by atoms with E-state index < -0.39 is 0 Å². The largest absolute Gasteiger partial charge is 0.324 e. The Kier molecular flexibility index (Phi) is 3.79. The average molecular weight is 327 g/mol. The maximum atomic E-state index is 8.88. The summed E-state index contributed by atoms with van der Waals surface area (Å²) in [4.78, 5) is 11.2. The molecule has 2 heterocycles. The Balaban J connectivity index is 1.62. The van der Waals surface area contributed by atoms with Gasteiger partial charge in [-0.1, -0.05) is 18.2 Å². The predicted molar refractivity (Wildman–Crippen MR) is 98.2 cm³/mol. The topological polar surface area (TPSA) is 64.8 Å². The van der Waals surface area contributed by atoms with Crippen LogP contribution in [0.5, 0.6) is 0 Å². The van der Waals surface area contributed by atoms with Crippen LogP contribution in [-0.4, -0.2) is 16.0 Å². The van der Waals surface area contributed by atoms with Crippen LogP contribution in [0.1, 0.15) is 18.1 Å². The van der Waals surface area contributed by atoms with Crippen molar-refractivity contribution in [3.05, 3.63) is 71.9 Å². The van der Waals surface area contributed by atoms with Gasteiger partial charge in [0, 0.05) is 23.6 Å². The van der Waals surface area contributed by atoms with Crippen molar-refractivity contribution < 1.29 is 0 Å². The fourth-order valence-corrected chi connectivity index (χ4v) is 3.22. The van der Waals surface area contributed by atoms with E-state index in [0.717, 1.165) is 17.9 Å². The summed E-state index contributed by atoms with van der Waals surface area (Å²) >= 11 is 0. The lowest BCUT2D eigenvalue weighted by Crippen LogP contribution is -2.25. The van der Waals surface area contributed by atoms with Crippen molar-refractivity contribution in [1.82, 2.24) is 9.97 Å². The first-order valence-corrected chi connectivity index (χ1v) is 8.22. The number of aromatic nitrogens is 2. The molecule has 0 saturated carbocycles. The zero-order valence-electron chi connectivity index (χ0n) is 13.8. The van der Waals surface area contributed by atoms with Crippen LogP contribution < -0.4 is 10.2 Å². The molecule has 0 saturated heterocycles. The van der Waals surface area contributed by atoms with Crippen LogP contribution in [0.4, 0.5) is 23.1 Å². The first-order valence-electron chi connectivity index (χ1n) is 8.22. The number of hydrogen-bond acceptors (Lipinski definition) is 5. The van der Waals surface area contributed by atoms with Gasteiger partial charge >= 0.3 is 0 Å². The molecule has 2 aromatic carbocycles. The van der Waals surface area contributed by atoms with E-state index in [2.05, 4.69) is 57.4 Å². The van der Waals surface area contributed by atoms with Crippen LogP contribution >= 0.6 is 0 Å². The minimum atomic E-state index is 0.357. The highest BCUT2D eigenvalue weighted by Crippen LogP contribution is 2.37. The van der Waals surface area contributed by atoms with Gasteiger partial charge in [-0.05, 0) is 55.3 Å². The first kappa shape index (κ1) is 15.2. The van der Waals surface area contributed by atoms with Crippen molar-refractivity contribution in [3.63, 3.8) is 0 Å². The second-order valence-corrected chi connectivity index (χ2v) is 6.10. The van der Waals surface area contributed by atoms with Gasteiger partial charge in [-0.2, -0.15) is 10.2 Å². The first-order chi connectivity index (χ1) is 12.2. The maximum Gasteiger partial charge on any atom is 0.229 e. The Morgan fingerprint density at radius 1 is 1.12 bits per heavy atom. The number of nitriles is 1. The molecule has 0 amide bonds. The lowest BCUT2D eigenvalue weighted by Gasteiger charge is -2.24. The van der Waals surface area contributed by atoms with Crippen molar-refractivity contribution >= 4 is 23.1 Å². The van der Waals surface area contributed by atoms with E-state index in [9.17, 15) is 0 Å². The Morgan fingerprint density at radius 2 is 1.92 bits per heavy atom. The van der Waals surface area contributed by atoms with Crippen LogP contribution in [0, 0.1) is 11.3 Å². The summed E-state index contributed by atoms with van der Waals surface area (Å²) < 4.78 is 0. The maximum absolute atomic E-state index is 8.88. The van der Waals surface area contributed by atoms with Gasteiger partial charge in [0.2, 0.25) is 5.95 Å². The van der Waals surface area contributed by atoms with Gasteiger partial charge in [0.1, 0.15) is 5.82 Å². The summed E-state index contributed by atoms with van der Waals surface area (Å²) in [5.74, 6) is 1.42. The highest BCUT2D eigenvalue weighted by atomic mass is 15.3. The van der Waals surface area contributed by atoms with E-state index in [0.29, 0.717) is 17.6 Å². The van der Waals surface area contributed by atoms with Gasteiger partial charge in [0.05, 0.1) is 11.6 Å². The summed E-state index contributed by atoms with van der Waals surface area (Å²) in [6.07, 6.45) is 2.78. The molecule has 25 heavy (non-hydrogen) atoms. The molecule has 0 spiro atoms. The zero-order chi connectivity index (χ0) is 17.2. The summed E-state index contributed by atoms with van der Waals surface area (Å²) in [5.41, 5.74) is 4.03. The molecule has 1 aliphatic rings. The fourth-order valence-electron chi connectivity index (χ4n) is 3.22. The van der Waals surface area contributed by atoms with E-state index in [4.69, 9.17) is 5.26 Å². The van der Waals surface area contributed by atoms with Crippen molar-refractivity contribution in [2.24, 2.45) is 0 Å². The molecular formula is C20H17N5. The van der Waals surface area contributed by atoms with Gasteiger partial charge < -0.3 is 10.2 Å². The number of anilines is 4. The predicted octanol–water partition coefficient (Wildman–Crippen LogP) is 4.17. The minimum Gasteiger partial charge on any atom is -0.324 e. The Hall–Kier alpha value is -3.39. The Labute approximate surface area is 146 Å². The molecule has 1 aliphatic heterocycles. The molecule has 1 aromatic heterocycles. The van der Waals surface area contributed by atoms with Crippen LogP contribution in [0.2, 0.25) is 0 Å². The molecule has 0 fully saturated rings. The molecule has 4 rings (SSSR count). The van der Waals surface area contributed by atoms with Crippen molar-refractivity contribution in [2.45, 2.75) is 19.4 Å². The number of nitrogens with one attached hydrogen (secondary N) is 1. The third-order valence-corrected chi connectivity index (χ3v) is 4.37. The number of rotatable bonds is 3. The molecule has 1 unspecified atom stereocenters. The van der Waals surface area contributed by atoms with E-state index >= 15 is 0 Å². The van der Waals surface area contributed by atoms with Gasteiger partial charge in [-0.3, -0.25) is 0 Å². The average Bonchev–Trinajstić information content (AvgIpc) is 2.98. The van der Waals surface area contributed by atoms with Crippen LogP contribution in [0.25, 0.3) is 0 Å². The third kappa shape index (κ3) is 2.90. The molecule has 5 nitrogen and oxygen atoms in total. The molecule has 0 aliphatic carbocycles. The smallest absolute Gasteiger partial charge is 0.229 e. The van der Waals surface area contributed by atoms with E-state index in [1.807, 2.05) is 18.2 Å². The minimum absolute atomic E-state index is 0.357. The monoisotopic (exact) mass is 327 g/mol. The van der Waals surface area contributed by atoms with E-state index in [1.165, 1.54) is 11.3 Å². The highest BCUT2D eigenvalue weighted by Gasteiger charge is 2.27. The van der Waals surface area contributed by atoms with E-state index in [-0.39, 0.29) is 0 Å². The molecule has 122 valence electrons. The van der Waals surface area contributed by atoms with Crippen molar-refractivity contribution in [1.29, 1.82) is 5.26 Å². The van der Waals surface area contributed by atoms with E-state index in [1.54, 1.807) is 18.3 Å². The van der Waals surface area contributed by atoms with Gasteiger partial charge in [0.15, 0.2) is 0 Å². The molecule has 1 N–H and O–H groups in total. The third-order valence-electron chi connectivity index (χ3n) is 4.37. The second-order valence-electron chi connectivity index (χ2n) is 6.10. The molecular weight excluding hydrogens is 310 g/mol. The standard InChI is InChI=1S/C20H17N5/c1-14-12-16-4-2-3-5-18(16)25(14)19-10-11-22-20(24-19)23-17-8-6-15(13-21)7-9-17/h2-11,14H,12H2,1H3,(H,22,23,24). The molecule has 0 radical (unpaired) electrons. The van der Waals surface area contributed by atoms with Crippen LogP contribution in [0.15, 0.2) is 60.8 Å². The number of nitrogens with zero attached hydrogens (tertiary/aromatic N) is 4. The Morgan fingerprint density at radius 3 is 2.72 bits per heavy atom. The number of para-hydroxylation sites is 1. The summed E-state index contributed by atoms with van der Waals surface area (Å²) in [5, 5.41) is 12.1. The summed E-state index contributed by atoms with van der Waals surface area (Å²) in [7, 11) is 0. The lowest BCUT2D eigenvalue weighted by molar-refractivity contribution is 0.749. The highest BCUT2D eigenvalue weighted by molar-refractivity contribution is 5.69. The molecule has 0 bridgehead atoms. The lowest BCUT2D eigenvalue weighted by atomic mass is 10.1.